The van der Waals surface area contributed by atoms with Gasteiger partial charge in [0.1, 0.15) is 0 Å². The first-order chi connectivity index (χ1) is 10.1. The van der Waals surface area contributed by atoms with Gasteiger partial charge in [-0.05, 0) is 30.3 Å². The molecule has 0 aliphatic carbocycles. The summed E-state index contributed by atoms with van der Waals surface area (Å²) in [7, 11) is 3.44. The number of rotatable bonds is 5. The van der Waals surface area contributed by atoms with Gasteiger partial charge in [-0.2, -0.15) is 0 Å². The van der Waals surface area contributed by atoms with Gasteiger partial charge in [0, 0.05) is 44.5 Å². The second kappa shape index (κ2) is 6.74. The van der Waals surface area contributed by atoms with Crippen molar-refractivity contribution in [3.63, 3.8) is 0 Å². The smallest absolute Gasteiger partial charge is 0.253 e. The summed E-state index contributed by atoms with van der Waals surface area (Å²) in [5.41, 5.74) is 9.02. The molecule has 1 amide bonds. The van der Waals surface area contributed by atoms with E-state index in [9.17, 15) is 4.79 Å². The topological polar surface area (TPSA) is 71.2 Å². The lowest BCUT2D eigenvalue weighted by atomic mass is 10.1. The Kier molecular flexibility index (Phi) is 4.77. The molecule has 3 N–H and O–H groups in total. The number of benzene rings is 1. The van der Waals surface area contributed by atoms with Crippen molar-refractivity contribution < 1.29 is 4.79 Å². The number of carbonyl (C=O) groups excluding carboxylic acids is 1. The van der Waals surface area contributed by atoms with Gasteiger partial charge in [0.25, 0.3) is 5.91 Å². The molecule has 2 aromatic rings. The fourth-order valence-electron chi connectivity index (χ4n) is 1.99. The number of pyridine rings is 1. The third-order valence-electron chi connectivity index (χ3n) is 3.13. The molecule has 1 aromatic heterocycles. The Morgan fingerprint density at radius 1 is 1.29 bits per heavy atom. The minimum atomic E-state index is -0.0539. The summed E-state index contributed by atoms with van der Waals surface area (Å²) >= 11 is 0. The van der Waals surface area contributed by atoms with E-state index in [4.69, 9.17) is 5.73 Å². The molecule has 0 atom stereocenters. The zero-order valence-corrected chi connectivity index (χ0v) is 12.3. The van der Waals surface area contributed by atoms with Crippen LogP contribution in [0.5, 0.6) is 0 Å². The Balaban J connectivity index is 1.97. The van der Waals surface area contributed by atoms with Crippen LogP contribution in [0.4, 0.5) is 11.4 Å². The molecule has 0 saturated carbocycles. The van der Waals surface area contributed by atoms with E-state index in [1.165, 1.54) is 4.90 Å². The van der Waals surface area contributed by atoms with E-state index in [1.54, 1.807) is 32.4 Å². The quantitative estimate of drug-likeness (QED) is 0.824. The molecule has 1 aromatic carbocycles. The highest BCUT2D eigenvalue weighted by Gasteiger charge is 2.09. The maximum Gasteiger partial charge on any atom is 0.253 e. The zero-order valence-electron chi connectivity index (χ0n) is 12.3. The van der Waals surface area contributed by atoms with Crippen LogP contribution < -0.4 is 11.1 Å². The predicted molar refractivity (Wildman–Crippen MR) is 85.3 cm³/mol. The van der Waals surface area contributed by atoms with Gasteiger partial charge in [0.05, 0.1) is 11.4 Å². The predicted octanol–water partition coefficient (Wildman–Crippen LogP) is 2.02. The lowest BCUT2D eigenvalue weighted by molar-refractivity contribution is 0.0827. The summed E-state index contributed by atoms with van der Waals surface area (Å²) in [5, 5.41) is 3.27. The van der Waals surface area contributed by atoms with E-state index >= 15 is 0 Å². The van der Waals surface area contributed by atoms with Gasteiger partial charge in [-0.1, -0.05) is 6.07 Å². The van der Waals surface area contributed by atoms with Crippen molar-refractivity contribution in [2.75, 3.05) is 31.7 Å². The molecular formula is C16H20N4O. The second-order valence-electron chi connectivity index (χ2n) is 5.00. The van der Waals surface area contributed by atoms with Crippen molar-refractivity contribution in [2.24, 2.45) is 0 Å². The fraction of sp³-hybridized carbons (Fsp3) is 0.250. The van der Waals surface area contributed by atoms with Gasteiger partial charge in [0.15, 0.2) is 0 Å². The Bertz CT molecular complexity index is 611. The number of anilines is 2. The van der Waals surface area contributed by atoms with Crippen LogP contribution in [0.1, 0.15) is 16.1 Å². The largest absolute Gasteiger partial charge is 0.397 e. The van der Waals surface area contributed by atoms with Gasteiger partial charge < -0.3 is 16.0 Å². The minimum Gasteiger partial charge on any atom is -0.397 e. The van der Waals surface area contributed by atoms with Gasteiger partial charge >= 0.3 is 0 Å². The van der Waals surface area contributed by atoms with E-state index in [1.807, 2.05) is 24.3 Å². The molecule has 0 spiro atoms. The van der Waals surface area contributed by atoms with E-state index in [0.717, 1.165) is 24.3 Å². The van der Waals surface area contributed by atoms with Gasteiger partial charge in [-0.3, -0.25) is 9.78 Å². The monoisotopic (exact) mass is 284 g/mol. The molecule has 0 saturated heterocycles. The van der Waals surface area contributed by atoms with Crippen LogP contribution in [0.2, 0.25) is 0 Å². The molecule has 0 unspecified atom stereocenters. The standard InChI is InChI=1S/C16H20N4O/c1-20(2)16(21)12-6-7-15(14(17)11-12)19-10-8-13-5-3-4-9-18-13/h3-7,9,11,19H,8,10,17H2,1-2H3. The first kappa shape index (κ1) is 14.8. The Hall–Kier alpha value is -2.56. The second-order valence-corrected chi connectivity index (χ2v) is 5.00. The summed E-state index contributed by atoms with van der Waals surface area (Å²) in [5.74, 6) is -0.0539. The summed E-state index contributed by atoms with van der Waals surface area (Å²) in [6.45, 7) is 0.738. The molecular weight excluding hydrogens is 264 g/mol. The fourth-order valence-corrected chi connectivity index (χ4v) is 1.99. The molecule has 21 heavy (non-hydrogen) atoms. The van der Waals surface area contributed by atoms with Crippen LogP contribution in [-0.2, 0) is 6.42 Å². The number of amides is 1. The summed E-state index contributed by atoms with van der Waals surface area (Å²) in [6, 6.07) is 11.2. The van der Waals surface area contributed by atoms with Crippen LogP contribution in [0.15, 0.2) is 42.6 Å². The highest BCUT2D eigenvalue weighted by molar-refractivity contribution is 5.95. The molecule has 110 valence electrons. The van der Waals surface area contributed by atoms with Gasteiger partial charge in [0.2, 0.25) is 0 Å². The molecule has 0 bridgehead atoms. The average molecular weight is 284 g/mol. The zero-order chi connectivity index (χ0) is 15.2. The van der Waals surface area contributed by atoms with Crippen molar-refractivity contribution in [3.8, 4) is 0 Å². The number of hydrogen-bond acceptors (Lipinski definition) is 4. The third-order valence-corrected chi connectivity index (χ3v) is 3.13. The lowest BCUT2D eigenvalue weighted by Crippen LogP contribution is -2.21. The highest BCUT2D eigenvalue weighted by atomic mass is 16.2. The summed E-state index contributed by atoms with van der Waals surface area (Å²) < 4.78 is 0. The van der Waals surface area contributed by atoms with Crippen molar-refractivity contribution in [1.82, 2.24) is 9.88 Å². The minimum absolute atomic E-state index is 0.0539. The number of nitrogens with zero attached hydrogens (tertiary/aromatic N) is 2. The number of nitrogen functional groups attached to an aromatic ring is 1. The Labute approximate surface area is 124 Å². The van der Waals surface area contributed by atoms with E-state index in [2.05, 4.69) is 10.3 Å². The van der Waals surface area contributed by atoms with Crippen LogP contribution in [0.3, 0.4) is 0 Å². The Morgan fingerprint density at radius 3 is 2.71 bits per heavy atom. The maximum atomic E-state index is 11.8. The van der Waals surface area contributed by atoms with Crippen molar-refractivity contribution in [3.05, 3.63) is 53.9 Å². The van der Waals surface area contributed by atoms with Crippen molar-refractivity contribution in [2.45, 2.75) is 6.42 Å². The maximum absolute atomic E-state index is 11.8. The molecule has 0 aliphatic heterocycles. The third kappa shape index (κ3) is 3.95. The SMILES string of the molecule is CN(C)C(=O)c1ccc(NCCc2ccccn2)c(N)c1. The summed E-state index contributed by atoms with van der Waals surface area (Å²) in [4.78, 5) is 17.6. The van der Waals surface area contributed by atoms with E-state index in [0.29, 0.717) is 11.3 Å². The lowest BCUT2D eigenvalue weighted by Gasteiger charge is -2.13. The summed E-state index contributed by atoms with van der Waals surface area (Å²) in [6.07, 6.45) is 2.60. The van der Waals surface area contributed by atoms with Crippen molar-refractivity contribution >= 4 is 17.3 Å². The van der Waals surface area contributed by atoms with Crippen LogP contribution in [0.25, 0.3) is 0 Å². The average Bonchev–Trinajstić information content (AvgIpc) is 2.49. The van der Waals surface area contributed by atoms with Crippen LogP contribution in [-0.4, -0.2) is 36.4 Å². The number of carbonyl (C=O) groups is 1. The molecule has 2 rings (SSSR count). The van der Waals surface area contributed by atoms with Gasteiger partial charge in [-0.25, -0.2) is 0 Å². The first-order valence-electron chi connectivity index (χ1n) is 6.83. The van der Waals surface area contributed by atoms with Crippen LogP contribution >= 0.6 is 0 Å². The normalized spacial score (nSPS) is 10.2. The molecule has 0 radical (unpaired) electrons. The van der Waals surface area contributed by atoms with Gasteiger partial charge in [-0.15, -0.1) is 0 Å². The number of nitrogens with two attached hydrogens (primary N) is 1. The molecule has 0 aliphatic rings. The molecule has 1 heterocycles. The number of aromatic nitrogens is 1. The first-order valence-corrected chi connectivity index (χ1v) is 6.83. The van der Waals surface area contributed by atoms with E-state index in [-0.39, 0.29) is 5.91 Å². The molecule has 5 nitrogen and oxygen atoms in total. The Morgan fingerprint density at radius 2 is 2.10 bits per heavy atom. The van der Waals surface area contributed by atoms with Crippen LogP contribution in [0, 0.1) is 0 Å². The number of hydrogen-bond donors (Lipinski definition) is 2. The number of nitrogens with one attached hydrogen (secondary N) is 1. The van der Waals surface area contributed by atoms with E-state index < -0.39 is 0 Å². The van der Waals surface area contributed by atoms with Crippen molar-refractivity contribution in [1.29, 1.82) is 0 Å². The molecule has 0 fully saturated rings. The molecule has 5 heteroatoms. The highest BCUT2D eigenvalue weighted by Crippen LogP contribution is 2.20.